The van der Waals surface area contributed by atoms with Gasteiger partial charge in [-0.1, -0.05) is 6.07 Å². The Morgan fingerprint density at radius 2 is 1.80 bits per heavy atom. The largest absolute Gasteiger partial charge is 0.508 e. The Labute approximate surface area is 237 Å². The number of hydrogen-bond acceptors (Lipinski definition) is 8. The Hall–Kier alpha value is -3.16. The highest BCUT2D eigenvalue weighted by Gasteiger charge is 2.47. The smallest absolute Gasteiger partial charge is 0.416 e. The van der Waals surface area contributed by atoms with Crippen LogP contribution in [-0.4, -0.2) is 71.0 Å². The van der Waals surface area contributed by atoms with Crippen molar-refractivity contribution in [1.82, 2.24) is 9.62 Å². The number of phenols is 1. The number of alkyl halides is 3. The molecule has 13 heteroatoms. The van der Waals surface area contributed by atoms with Crippen molar-refractivity contribution in [2.75, 3.05) is 18.8 Å². The van der Waals surface area contributed by atoms with Gasteiger partial charge in [0.05, 0.1) is 22.4 Å². The number of carbonyl (C=O) groups excluding carboxylic acids is 1. The number of carbonyl (C=O) groups is 1. The molecule has 2 aliphatic heterocycles. The van der Waals surface area contributed by atoms with Gasteiger partial charge in [-0.25, -0.2) is 22.5 Å². The molecule has 3 N–H and O–H groups in total. The zero-order valence-corrected chi connectivity index (χ0v) is 24.1. The van der Waals surface area contributed by atoms with E-state index in [0.717, 1.165) is 23.3 Å². The number of aromatic hydroxyl groups is 1. The van der Waals surface area contributed by atoms with Gasteiger partial charge in [0.15, 0.2) is 6.23 Å². The molecule has 4 rings (SSSR count). The average molecular weight is 598 g/mol. The van der Waals surface area contributed by atoms with Gasteiger partial charge < -0.3 is 20.3 Å². The van der Waals surface area contributed by atoms with Crippen LogP contribution in [0.2, 0.25) is 0 Å². The minimum absolute atomic E-state index is 0.000473. The lowest BCUT2D eigenvalue weighted by Gasteiger charge is -2.40. The third-order valence-electron chi connectivity index (χ3n) is 7.25. The molecule has 0 amide bonds. The summed E-state index contributed by atoms with van der Waals surface area (Å²) in [6.07, 6.45) is -5.40. The SMILES string of the molecule is Cc1cc(C(=O)OC(C)(C)C)ccc1CCS(=O)(=O)N1CCC2(CC1)NC(c1cc(O)cc(C(F)(F)F)c1)=NC2O. The fourth-order valence-corrected chi connectivity index (χ4v) is 6.47. The summed E-state index contributed by atoms with van der Waals surface area (Å²) in [7, 11) is -3.67. The van der Waals surface area contributed by atoms with Crippen molar-refractivity contribution in [2.24, 2.45) is 4.99 Å². The number of sulfonamides is 1. The van der Waals surface area contributed by atoms with Crippen LogP contribution in [0.4, 0.5) is 13.2 Å². The van der Waals surface area contributed by atoms with Gasteiger partial charge >= 0.3 is 12.1 Å². The summed E-state index contributed by atoms with van der Waals surface area (Å²) >= 11 is 0. The molecule has 2 aromatic rings. The number of aryl methyl sites for hydroxylation is 2. The van der Waals surface area contributed by atoms with Crippen molar-refractivity contribution in [3.8, 4) is 5.75 Å². The first-order chi connectivity index (χ1) is 18.9. The number of rotatable bonds is 6. The van der Waals surface area contributed by atoms with Crippen molar-refractivity contribution in [2.45, 2.75) is 70.5 Å². The normalized spacial score (nSPS) is 19.6. The molecule has 0 aliphatic carbocycles. The molecule has 9 nitrogen and oxygen atoms in total. The Morgan fingerprint density at radius 1 is 1.15 bits per heavy atom. The molecule has 0 radical (unpaired) electrons. The van der Waals surface area contributed by atoms with Crippen LogP contribution >= 0.6 is 0 Å². The summed E-state index contributed by atoms with van der Waals surface area (Å²) in [6.45, 7) is 7.29. The van der Waals surface area contributed by atoms with Gasteiger partial charge in [-0.3, -0.25) is 0 Å². The van der Waals surface area contributed by atoms with Crippen LogP contribution in [0.25, 0.3) is 0 Å². The number of benzene rings is 2. The van der Waals surface area contributed by atoms with Crippen LogP contribution in [0.15, 0.2) is 41.4 Å². The number of hydrogen-bond donors (Lipinski definition) is 3. The Bertz CT molecular complexity index is 1460. The number of phenolic OH excluding ortho intramolecular Hbond substituents is 1. The van der Waals surface area contributed by atoms with E-state index in [1.54, 1.807) is 45.9 Å². The summed E-state index contributed by atoms with van der Waals surface area (Å²) in [4.78, 5) is 16.4. The molecular formula is C28H34F3N3O6S. The van der Waals surface area contributed by atoms with E-state index in [0.29, 0.717) is 11.6 Å². The maximum absolute atomic E-state index is 13.2. The van der Waals surface area contributed by atoms with E-state index in [-0.39, 0.29) is 49.5 Å². The molecule has 1 unspecified atom stereocenters. The molecule has 0 bridgehead atoms. The van der Waals surface area contributed by atoms with Crippen molar-refractivity contribution in [1.29, 1.82) is 0 Å². The van der Waals surface area contributed by atoms with E-state index < -0.39 is 50.8 Å². The third-order valence-corrected chi connectivity index (χ3v) is 9.12. The first kappa shape index (κ1) is 30.8. The number of aliphatic imine (C=N–C) groups is 1. The monoisotopic (exact) mass is 597 g/mol. The maximum Gasteiger partial charge on any atom is 0.416 e. The summed E-state index contributed by atoms with van der Waals surface area (Å²) < 4.78 is 72.6. The molecule has 1 spiro atoms. The highest BCUT2D eigenvalue weighted by Crippen LogP contribution is 2.36. The first-order valence-electron chi connectivity index (χ1n) is 13.1. The lowest BCUT2D eigenvalue weighted by Crippen LogP contribution is -2.58. The standard InChI is InChI=1S/C28H34F3N3O6S/c1-17-13-19(24(36)40-26(2,3)4)6-5-18(17)7-12-41(38,39)34-10-8-27(9-11-34)25(37)32-23(33-27)20-14-21(28(29,30)31)16-22(35)15-20/h5-6,13-16,25,35,37H,7-12H2,1-4H3,(H,32,33). The second kappa shape index (κ2) is 10.9. The molecule has 1 saturated heterocycles. The van der Waals surface area contributed by atoms with Crippen LogP contribution in [-0.2, 0) is 27.4 Å². The second-order valence-corrected chi connectivity index (χ2v) is 13.6. The predicted molar refractivity (Wildman–Crippen MR) is 146 cm³/mol. The third kappa shape index (κ3) is 7.02. The van der Waals surface area contributed by atoms with Crippen molar-refractivity contribution >= 4 is 21.8 Å². The molecule has 1 fully saturated rings. The van der Waals surface area contributed by atoms with E-state index in [2.05, 4.69) is 10.3 Å². The van der Waals surface area contributed by atoms with Gasteiger partial charge in [0.2, 0.25) is 10.0 Å². The lowest BCUT2D eigenvalue weighted by atomic mass is 9.87. The fourth-order valence-electron chi connectivity index (χ4n) is 4.99. The number of piperidine rings is 1. The van der Waals surface area contributed by atoms with Gasteiger partial charge in [0.25, 0.3) is 0 Å². The van der Waals surface area contributed by atoms with E-state index >= 15 is 0 Å². The van der Waals surface area contributed by atoms with Crippen molar-refractivity contribution < 1.29 is 41.3 Å². The molecule has 0 saturated carbocycles. The quantitative estimate of drug-likeness (QED) is 0.433. The summed E-state index contributed by atoms with van der Waals surface area (Å²) in [6, 6.07) is 7.56. The fraction of sp³-hybridized carbons (Fsp3) is 0.500. The molecular weight excluding hydrogens is 563 g/mol. The number of nitrogens with zero attached hydrogens (tertiary/aromatic N) is 2. The molecule has 0 aromatic heterocycles. The Balaban J connectivity index is 1.38. The highest BCUT2D eigenvalue weighted by molar-refractivity contribution is 7.89. The van der Waals surface area contributed by atoms with E-state index in [1.165, 1.54) is 4.31 Å². The number of aliphatic hydroxyl groups excluding tert-OH is 1. The van der Waals surface area contributed by atoms with E-state index in [9.17, 15) is 36.6 Å². The minimum Gasteiger partial charge on any atom is -0.508 e. The highest BCUT2D eigenvalue weighted by atomic mass is 32.2. The minimum atomic E-state index is -4.68. The molecule has 2 aliphatic rings. The molecule has 224 valence electrons. The molecule has 1 atom stereocenters. The van der Waals surface area contributed by atoms with Crippen LogP contribution in [0.5, 0.6) is 5.75 Å². The first-order valence-corrected chi connectivity index (χ1v) is 14.8. The van der Waals surface area contributed by atoms with Gasteiger partial charge in [0.1, 0.15) is 17.2 Å². The second-order valence-electron chi connectivity index (χ2n) is 11.5. The van der Waals surface area contributed by atoms with Gasteiger partial charge in [-0.15, -0.1) is 0 Å². The van der Waals surface area contributed by atoms with Gasteiger partial charge in [-0.2, -0.15) is 13.2 Å². The van der Waals surface area contributed by atoms with Crippen LogP contribution in [0.1, 0.15) is 66.2 Å². The summed E-state index contributed by atoms with van der Waals surface area (Å²) in [5.41, 5.74) is -0.827. The summed E-state index contributed by atoms with van der Waals surface area (Å²) in [5, 5.41) is 23.5. The molecule has 2 heterocycles. The van der Waals surface area contributed by atoms with Gasteiger partial charge in [-0.05, 0) is 88.4 Å². The zero-order valence-electron chi connectivity index (χ0n) is 23.2. The van der Waals surface area contributed by atoms with Crippen LogP contribution < -0.4 is 5.32 Å². The number of aliphatic hydroxyl groups is 1. The number of ether oxygens (including phenoxy) is 1. The summed E-state index contributed by atoms with van der Waals surface area (Å²) in [5.74, 6) is -1.21. The van der Waals surface area contributed by atoms with Crippen molar-refractivity contribution in [3.05, 3.63) is 64.2 Å². The van der Waals surface area contributed by atoms with E-state index in [1.807, 2.05) is 0 Å². The van der Waals surface area contributed by atoms with Crippen LogP contribution in [0.3, 0.4) is 0 Å². The Kier molecular flexibility index (Phi) is 8.20. The number of esters is 1. The topological polar surface area (TPSA) is 129 Å². The van der Waals surface area contributed by atoms with Crippen molar-refractivity contribution in [3.63, 3.8) is 0 Å². The zero-order chi connectivity index (χ0) is 30.4. The number of amidine groups is 1. The van der Waals surface area contributed by atoms with E-state index in [4.69, 9.17) is 4.74 Å². The Morgan fingerprint density at radius 3 is 2.39 bits per heavy atom. The maximum atomic E-state index is 13.2. The average Bonchev–Trinajstić information content (AvgIpc) is 3.17. The number of nitrogens with one attached hydrogen (secondary N) is 1. The lowest BCUT2D eigenvalue weighted by molar-refractivity contribution is -0.137. The number of halogens is 3. The molecule has 41 heavy (non-hydrogen) atoms. The van der Waals surface area contributed by atoms with Crippen LogP contribution in [0, 0.1) is 6.92 Å². The predicted octanol–water partition coefficient (Wildman–Crippen LogP) is 3.75. The molecule has 2 aromatic carbocycles. The van der Waals surface area contributed by atoms with Gasteiger partial charge in [0, 0.05) is 18.7 Å².